The van der Waals surface area contributed by atoms with Crippen molar-refractivity contribution >= 4 is 55.4 Å². The number of carbonyl (C=O) groups is 1. The minimum atomic E-state index is -3.09. The predicted octanol–water partition coefficient (Wildman–Crippen LogP) is 3.49. The molecule has 1 unspecified atom stereocenters. The molecule has 0 radical (unpaired) electrons. The summed E-state index contributed by atoms with van der Waals surface area (Å²) in [4.78, 5) is 16.4. The molecule has 23 heavy (non-hydrogen) atoms. The zero-order valence-electron chi connectivity index (χ0n) is 11.8. The molecule has 122 valence electrons. The van der Waals surface area contributed by atoms with E-state index in [1.807, 2.05) is 0 Å². The average molecular weight is 391 g/mol. The van der Waals surface area contributed by atoms with Gasteiger partial charge in [0, 0.05) is 16.0 Å². The fraction of sp³-hybridized carbons (Fsp3) is 0.286. The van der Waals surface area contributed by atoms with Crippen LogP contribution >= 0.6 is 34.5 Å². The van der Waals surface area contributed by atoms with Crippen molar-refractivity contribution in [1.82, 2.24) is 4.98 Å². The van der Waals surface area contributed by atoms with E-state index in [1.165, 1.54) is 11.3 Å². The van der Waals surface area contributed by atoms with Crippen LogP contribution in [-0.2, 0) is 14.6 Å². The van der Waals surface area contributed by atoms with Gasteiger partial charge in [0.2, 0.25) is 5.91 Å². The van der Waals surface area contributed by atoms with E-state index in [2.05, 4.69) is 10.3 Å². The number of carbonyl (C=O) groups excluding carboxylic acids is 1. The number of hydrogen-bond acceptors (Lipinski definition) is 5. The lowest BCUT2D eigenvalue weighted by Crippen LogP contribution is -2.23. The smallest absolute Gasteiger partial charge is 0.230 e. The summed E-state index contributed by atoms with van der Waals surface area (Å²) in [5, 5.41) is 5.88. The minimum absolute atomic E-state index is 0.0641. The Balaban J connectivity index is 1.74. The van der Waals surface area contributed by atoms with Gasteiger partial charge in [-0.2, -0.15) is 0 Å². The number of nitrogens with one attached hydrogen (secondary N) is 1. The third-order valence-electron chi connectivity index (χ3n) is 3.54. The lowest BCUT2D eigenvalue weighted by molar-refractivity contribution is -0.119. The fourth-order valence-corrected chi connectivity index (χ4v) is 5.32. The van der Waals surface area contributed by atoms with Gasteiger partial charge in [0.15, 0.2) is 15.0 Å². The quantitative estimate of drug-likeness (QED) is 0.869. The van der Waals surface area contributed by atoms with Crippen molar-refractivity contribution in [3.63, 3.8) is 0 Å². The normalized spacial score (nSPS) is 19.7. The van der Waals surface area contributed by atoms with Crippen molar-refractivity contribution in [3.05, 3.63) is 33.6 Å². The second-order valence-electron chi connectivity index (χ2n) is 5.25. The molecule has 0 aliphatic carbocycles. The first-order valence-corrected chi connectivity index (χ1v) is 10.2. The van der Waals surface area contributed by atoms with Gasteiger partial charge in [-0.05, 0) is 24.6 Å². The Morgan fingerprint density at radius 2 is 2.13 bits per heavy atom. The second-order valence-corrected chi connectivity index (χ2v) is 9.18. The first-order chi connectivity index (χ1) is 10.8. The van der Waals surface area contributed by atoms with E-state index in [4.69, 9.17) is 23.2 Å². The van der Waals surface area contributed by atoms with Crippen molar-refractivity contribution in [2.75, 3.05) is 16.8 Å². The highest BCUT2D eigenvalue weighted by atomic mass is 35.5. The van der Waals surface area contributed by atoms with E-state index >= 15 is 0 Å². The SMILES string of the molecule is O=C(Nc1nc(-c2ccc(Cl)cc2Cl)cs1)C1CCS(=O)(=O)C1. The van der Waals surface area contributed by atoms with E-state index < -0.39 is 15.8 Å². The molecule has 1 N–H and O–H groups in total. The zero-order valence-corrected chi connectivity index (χ0v) is 14.9. The van der Waals surface area contributed by atoms with Gasteiger partial charge in [-0.3, -0.25) is 4.79 Å². The summed E-state index contributed by atoms with van der Waals surface area (Å²) in [7, 11) is -3.09. The number of amides is 1. The molecule has 5 nitrogen and oxygen atoms in total. The Morgan fingerprint density at radius 1 is 1.35 bits per heavy atom. The molecule has 1 saturated heterocycles. The molecule has 1 atom stereocenters. The number of halogens is 2. The molecule has 9 heteroatoms. The highest BCUT2D eigenvalue weighted by molar-refractivity contribution is 7.91. The topological polar surface area (TPSA) is 76.1 Å². The largest absolute Gasteiger partial charge is 0.302 e. The maximum Gasteiger partial charge on any atom is 0.230 e. The molecule has 1 aromatic carbocycles. The van der Waals surface area contributed by atoms with Crippen LogP contribution in [0.1, 0.15) is 6.42 Å². The van der Waals surface area contributed by atoms with E-state index in [9.17, 15) is 13.2 Å². The minimum Gasteiger partial charge on any atom is -0.302 e. The Labute approximate surface area is 147 Å². The third-order valence-corrected chi connectivity index (χ3v) is 6.62. The molecule has 0 spiro atoms. The average Bonchev–Trinajstić information content (AvgIpc) is 3.05. The van der Waals surface area contributed by atoms with Crippen molar-refractivity contribution in [2.24, 2.45) is 5.92 Å². The van der Waals surface area contributed by atoms with Crippen LogP contribution in [-0.4, -0.2) is 30.8 Å². The maximum absolute atomic E-state index is 12.1. The molecule has 1 aliphatic heterocycles. The van der Waals surface area contributed by atoms with Crippen LogP contribution in [0.4, 0.5) is 5.13 Å². The maximum atomic E-state index is 12.1. The Bertz CT molecular complexity index is 865. The van der Waals surface area contributed by atoms with Gasteiger partial charge in [-0.15, -0.1) is 11.3 Å². The number of sulfone groups is 1. The van der Waals surface area contributed by atoms with Gasteiger partial charge in [-0.1, -0.05) is 23.2 Å². The lowest BCUT2D eigenvalue weighted by atomic mass is 10.1. The number of benzene rings is 1. The number of anilines is 1. The number of rotatable bonds is 3. The number of thiazole rings is 1. The van der Waals surface area contributed by atoms with Crippen molar-refractivity contribution in [3.8, 4) is 11.3 Å². The summed E-state index contributed by atoms with van der Waals surface area (Å²) in [5.41, 5.74) is 1.35. The Hall–Kier alpha value is -1.15. The van der Waals surface area contributed by atoms with Gasteiger partial charge in [0.05, 0.1) is 28.1 Å². The van der Waals surface area contributed by atoms with Crippen molar-refractivity contribution in [1.29, 1.82) is 0 Å². The number of hydrogen-bond donors (Lipinski definition) is 1. The third kappa shape index (κ3) is 3.85. The van der Waals surface area contributed by atoms with E-state index in [-0.39, 0.29) is 17.4 Å². The summed E-state index contributed by atoms with van der Waals surface area (Å²) in [5.74, 6) is -0.852. The van der Waals surface area contributed by atoms with Gasteiger partial charge in [-0.25, -0.2) is 13.4 Å². The molecule has 1 fully saturated rings. The van der Waals surface area contributed by atoms with Crippen LogP contribution < -0.4 is 5.32 Å². The summed E-state index contributed by atoms with van der Waals surface area (Å²) < 4.78 is 22.9. The Kier molecular flexibility index (Phi) is 4.64. The predicted molar refractivity (Wildman–Crippen MR) is 93.0 cm³/mol. The first-order valence-electron chi connectivity index (χ1n) is 6.76. The first kappa shape index (κ1) is 16.7. The van der Waals surface area contributed by atoms with E-state index in [0.717, 1.165) is 5.56 Å². The molecule has 2 heterocycles. The molecular weight excluding hydrogens is 379 g/mol. The van der Waals surface area contributed by atoms with Gasteiger partial charge in [0.25, 0.3) is 0 Å². The molecule has 2 aromatic rings. The number of aromatic nitrogens is 1. The molecule has 1 aromatic heterocycles. The highest BCUT2D eigenvalue weighted by Gasteiger charge is 2.33. The van der Waals surface area contributed by atoms with Crippen molar-refractivity contribution in [2.45, 2.75) is 6.42 Å². The molecule has 0 saturated carbocycles. The monoisotopic (exact) mass is 390 g/mol. The molecule has 1 aliphatic rings. The fourth-order valence-electron chi connectivity index (χ4n) is 2.36. The second kappa shape index (κ2) is 6.39. The standard InChI is InChI=1S/C14H12Cl2N2O3S2/c15-9-1-2-10(11(16)5-9)12-6-22-14(17-12)18-13(19)8-3-4-23(20,21)7-8/h1-2,5-6,8H,3-4,7H2,(H,17,18,19). The van der Waals surface area contributed by atoms with Crippen LogP contribution in [0.3, 0.4) is 0 Å². The lowest BCUT2D eigenvalue weighted by Gasteiger charge is -2.06. The molecule has 0 bridgehead atoms. The van der Waals surface area contributed by atoms with Gasteiger partial charge < -0.3 is 5.32 Å². The van der Waals surface area contributed by atoms with Gasteiger partial charge in [0.1, 0.15) is 0 Å². The Morgan fingerprint density at radius 3 is 2.78 bits per heavy atom. The van der Waals surface area contributed by atoms with Crippen LogP contribution in [0.5, 0.6) is 0 Å². The summed E-state index contributed by atoms with van der Waals surface area (Å²) in [6.45, 7) is 0. The summed E-state index contributed by atoms with van der Waals surface area (Å²) in [6, 6.07) is 5.10. The molecular formula is C14H12Cl2N2O3S2. The van der Waals surface area contributed by atoms with E-state index in [0.29, 0.717) is 27.3 Å². The number of nitrogens with zero attached hydrogens (tertiary/aromatic N) is 1. The molecule has 3 rings (SSSR count). The van der Waals surface area contributed by atoms with Crippen LogP contribution in [0.15, 0.2) is 23.6 Å². The molecule has 1 amide bonds. The highest BCUT2D eigenvalue weighted by Crippen LogP contribution is 2.32. The van der Waals surface area contributed by atoms with Crippen molar-refractivity contribution < 1.29 is 13.2 Å². The van der Waals surface area contributed by atoms with Gasteiger partial charge >= 0.3 is 0 Å². The summed E-state index contributed by atoms with van der Waals surface area (Å²) in [6.07, 6.45) is 0.357. The van der Waals surface area contributed by atoms with Crippen LogP contribution in [0, 0.1) is 5.92 Å². The van der Waals surface area contributed by atoms with Crippen LogP contribution in [0.25, 0.3) is 11.3 Å². The summed E-state index contributed by atoms with van der Waals surface area (Å²) >= 11 is 13.3. The van der Waals surface area contributed by atoms with Crippen LogP contribution in [0.2, 0.25) is 10.0 Å². The zero-order chi connectivity index (χ0) is 16.6. The van der Waals surface area contributed by atoms with E-state index in [1.54, 1.807) is 23.6 Å².